The van der Waals surface area contributed by atoms with Gasteiger partial charge in [0, 0.05) is 23.9 Å². The van der Waals surface area contributed by atoms with Gasteiger partial charge in [-0.15, -0.1) is 5.92 Å². The smallest absolute Gasteiger partial charge is 0.264 e. The Hall–Kier alpha value is -4.97. The Balaban J connectivity index is 1.70. The fourth-order valence-electron chi connectivity index (χ4n) is 4.19. The molecule has 0 amide bonds. The molecular weight excluding hydrogens is 454 g/mol. The highest BCUT2D eigenvalue weighted by molar-refractivity contribution is 5.88. The quantitative estimate of drug-likeness (QED) is 0.360. The van der Waals surface area contributed by atoms with Crippen molar-refractivity contribution in [3.8, 4) is 28.9 Å². The standard InChI is InChI=1S/C27H23N7O2/c1-4-9-18-10-8-11-19-14-21(34(27(35)22(18)19)20-12-6-5-7-13-20)16(2)31-25-23(24(28)29-15-30-25)26-32-17(3)36-33-26/h5-8,10-16H,1-3H3,(H3,28,29,30,31)/t16-/m0/s1. The molecule has 0 aliphatic heterocycles. The molecule has 0 unspecified atom stereocenters. The Bertz CT molecular complexity index is 1690. The third kappa shape index (κ3) is 4.05. The lowest BCUT2D eigenvalue weighted by atomic mass is 10.0. The van der Waals surface area contributed by atoms with Crippen LogP contribution in [0, 0.1) is 18.8 Å². The molecule has 5 aromatic rings. The van der Waals surface area contributed by atoms with E-state index in [1.54, 1.807) is 18.4 Å². The Labute approximate surface area is 207 Å². The normalized spacial score (nSPS) is 11.6. The zero-order valence-corrected chi connectivity index (χ0v) is 20.0. The number of aryl methyl sites for hydroxylation is 1. The topological polar surface area (TPSA) is 125 Å². The molecule has 3 heterocycles. The van der Waals surface area contributed by atoms with E-state index in [2.05, 4.69) is 37.3 Å². The summed E-state index contributed by atoms with van der Waals surface area (Å²) in [6.45, 7) is 5.39. The summed E-state index contributed by atoms with van der Waals surface area (Å²) in [6.07, 6.45) is 1.36. The first-order valence-corrected chi connectivity index (χ1v) is 11.3. The molecule has 5 rings (SSSR count). The van der Waals surface area contributed by atoms with Crippen molar-refractivity contribution < 1.29 is 4.52 Å². The van der Waals surface area contributed by atoms with Crippen LogP contribution in [-0.4, -0.2) is 24.7 Å². The van der Waals surface area contributed by atoms with Crippen LogP contribution >= 0.6 is 0 Å². The summed E-state index contributed by atoms with van der Waals surface area (Å²) in [7, 11) is 0. The van der Waals surface area contributed by atoms with Gasteiger partial charge in [-0.05, 0) is 43.5 Å². The third-order valence-corrected chi connectivity index (χ3v) is 5.77. The second kappa shape index (κ2) is 9.35. The van der Waals surface area contributed by atoms with Gasteiger partial charge in [-0.3, -0.25) is 9.36 Å². The van der Waals surface area contributed by atoms with Crippen LogP contribution in [0.2, 0.25) is 0 Å². The lowest BCUT2D eigenvalue weighted by molar-refractivity contribution is 0.394. The number of aromatic nitrogens is 5. The zero-order valence-electron chi connectivity index (χ0n) is 20.0. The minimum atomic E-state index is -0.371. The monoisotopic (exact) mass is 477 g/mol. The fraction of sp³-hybridized carbons (Fsp3) is 0.148. The molecule has 0 spiro atoms. The van der Waals surface area contributed by atoms with Gasteiger partial charge in [0.1, 0.15) is 23.5 Å². The first-order valence-electron chi connectivity index (χ1n) is 11.3. The predicted molar refractivity (Wildman–Crippen MR) is 139 cm³/mol. The summed E-state index contributed by atoms with van der Waals surface area (Å²) in [5.41, 5.74) is 8.59. The molecule has 0 aliphatic rings. The highest BCUT2D eigenvalue weighted by Gasteiger charge is 2.22. The molecule has 9 heteroatoms. The second-order valence-corrected chi connectivity index (χ2v) is 8.18. The van der Waals surface area contributed by atoms with Gasteiger partial charge in [-0.2, -0.15) is 4.98 Å². The maximum Gasteiger partial charge on any atom is 0.264 e. The first-order chi connectivity index (χ1) is 17.5. The number of pyridine rings is 1. The van der Waals surface area contributed by atoms with Crippen LogP contribution in [0.25, 0.3) is 27.8 Å². The number of hydrogen-bond acceptors (Lipinski definition) is 8. The van der Waals surface area contributed by atoms with Gasteiger partial charge in [-0.1, -0.05) is 41.4 Å². The number of nitrogen functional groups attached to an aromatic ring is 1. The van der Waals surface area contributed by atoms with E-state index in [0.29, 0.717) is 28.2 Å². The number of benzene rings is 2. The number of fused-ring (bicyclic) bond motifs is 1. The van der Waals surface area contributed by atoms with Crippen LogP contribution in [0.1, 0.15) is 37.0 Å². The minimum Gasteiger partial charge on any atom is -0.383 e. The van der Waals surface area contributed by atoms with E-state index in [0.717, 1.165) is 16.8 Å². The van der Waals surface area contributed by atoms with Crippen LogP contribution < -0.4 is 16.6 Å². The van der Waals surface area contributed by atoms with Crippen LogP contribution in [0.15, 0.2) is 70.2 Å². The van der Waals surface area contributed by atoms with E-state index < -0.39 is 0 Å². The molecule has 0 aliphatic carbocycles. The number of nitrogens with two attached hydrogens (primary N) is 1. The molecule has 2 aromatic carbocycles. The van der Waals surface area contributed by atoms with Crippen LogP contribution in [0.4, 0.5) is 11.6 Å². The van der Waals surface area contributed by atoms with E-state index in [-0.39, 0.29) is 23.2 Å². The number of nitrogens with zero attached hydrogens (tertiary/aromatic N) is 5. The fourth-order valence-corrected chi connectivity index (χ4v) is 4.19. The highest BCUT2D eigenvalue weighted by Crippen LogP contribution is 2.32. The first kappa shape index (κ1) is 22.8. The summed E-state index contributed by atoms with van der Waals surface area (Å²) in [5.74, 6) is 7.27. The van der Waals surface area contributed by atoms with E-state index in [4.69, 9.17) is 10.3 Å². The van der Waals surface area contributed by atoms with Crippen molar-refractivity contribution in [1.29, 1.82) is 0 Å². The zero-order chi connectivity index (χ0) is 25.2. The van der Waals surface area contributed by atoms with Crippen LogP contribution in [0.5, 0.6) is 0 Å². The molecule has 178 valence electrons. The lowest BCUT2D eigenvalue weighted by Gasteiger charge is -2.22. The van der Waals surface area contributed by atoms with E-state index in [1.807, 2.05) is 61.5 Å². The van der Waals surface area contributed by atoms with Gasteiger partial charge in [0.15, 0.2) is 0 Å². The number of anilines is 2. The van der Waals surface area contributed by atoms with Crippen LogP contribution in [-0.2, 0) is 0 Å². The lowest BCUT2D eigenvalue weighted by Crippen LogP contribution is -2.26. The molecule has 0 fully saturated rings. The summed E-state index contributed by atoms with van der Waals surface area (Å²) in [4.78, 5) is 26.7. The molecular formula is C27H23N7O2. The molecule has 1 atom stereocenters. The average molecular weight is 478 g/mol. The SMILES string of the molecule is CC#Cc1cccc2cc([C@H](C)Nc3ncnc(N)c3-c3noc(C)n3)n(-c3ccccc3)c(=O)c12. The van der Waals surface area contributed by atoms with Crippen LogP contribution in [0.3, 0.4) is 0 Å². The van der Waals surface area contributed by atoms with Gasteiger partial charge < -0.3 is 15.6 Å². The molecule has 0 saturated heterocycles. The Morgan fingerprint density at radius 1 is 1.11 bits per heavy atom. The molecule has 0 radical (unpaired) electrons. The summed E-state index contributed by atoms with van der Waals surface area (Å²) < 4.78 is 6.83. The van der Waals surface area contributed by atoms with E-state index in [9.17, 15) is 4.79 Å². The number of para-hydroxylation sites is 1. The number of hydrogen-bond donors (Lipinski definition) is 2. The molecule has 3 aromatic heterocycles. The van der Waals surface area contributed by atoms with Crippen molar-refractivity contribution in [3.05, 3.63) is 88.4 Å². The number of rotatable bonds is 5. The molecule has 36 heavy (non-hydrogen) atoms. The van der Waals surface area contributed by atoms with Gasteiger partial charge in [-0.25, -0.2) is 9.97 Å². The Morgan fingerprint density at radius 2 is 1.92 bits per heavy atom. The molecule has 3 N–H and O–H groups in total. The maximum absolute atomic E-state index is 13.9. The number of nitrogens with one attached hydrogen (secondary N) is 1. The average Bonchev–Trinajstić information content (AvgIpc) is 3.30. The van der Waals surface area contributed by atoms with E-state index in [1.165, 1.54) is 6.33 Å². The van der Waals surface area contributed by atoms with Crippen molar-refractivity contribution >= 4 is 22.4 Å². The largest absolute Gasteiger partial charge is 0.383 e. The Morgan fingerprint density at radius 3 is 2.64 bits per heavy atom. The van der Waals surface area contributed by atoms with Crippen molar-refractivity contribution in [2.75, 3.05) is 11.1 Å². The minimum absolute atomic E-state index is 0.156. The van der Waals surface area contributed by atoms with Gasteiger partial charge in [0.2, 0.25) is 11.7 Å². The molecule has 0 bridgehead atoms. The molecule has 9 nitrogen and oxygen atoms in total. The maximum atomic E-state index is 13.9. The van der Waals surface area contributed by atoms with E-state index >= 15 is 0 Å². The van der Waals surface area contributed by atoms with Crippen molar-refractivity contribution in [2.45, 2.75) is 26.8 Å². The van der Waals surface area contributed by atoms with Crippen molar-refractivity contribution in [1.82, 2.24) is 24.7 Å². The second-order valence-electron chi connectivity index (χ2n) is 8.18. The van der Waals surface area contributed by atoms with Gasteiger partial charge in [0.25, 0.3) is 5.56 Å². The van der Waals surface area contributed by atoms with Crippen molar-refractivity contribution in [3.63, 3.8) is 0 Å². The summed E-state index contributed by atoms with van der Waals surface area (Å²) in [5, 5.41) is 8.73. The predicted octanol–water partition coefficient (Wildman–Crippen LogP) is 4.27. The third-order valence-electron chi connectivity index (χ3n) is 5.77. The highest BCUT2D eigenvalue weighted by atomic mass is 16.5. The van der Waals surface area contributed by atoms with Crippen molar-refractivity contribution in [2.24, 2.45) is 0 Å². The van der Waals surface area contributed by atoms with Gasteiger partial charge in [0.05, 0.1) is 11.4 Å². The Kier molecular flexibility index (Phi) is 5.92. The molecule has 0 saturated carbocycles. The van der Waals surface area contributed by atoms with Gasteiger partial charge >= 0.3 is 0 Å². The summed E-state index contributed by atoms with van der Waals surface area (Å²) in [6, 6.07) is 16.8. The summed E-state index contributed by atoms with van der Waals surface area (Å²) >= 11 is 0.